The molecule has 0 spiro atoms. The highest BCUT2D eigenvalue weighted by Crippen LogP contribution is 2.14. The number of carbonyl (C=O) groups excluding carboxylic acids is 2. The number of aromatic hydroxyl groups is 1. The van der Waals surface area contributed by atoms with Gasteiger partial charge in [-0.1, -0.05) is 6.07 Å². The fraction of sp³-hybridized carbons (Fsp3) is 0.0909. The van der Waals surface area contributed by atoms with Crippen LogP contribution in [-0.2, 0) is 19.3 Å². The Balaban J connectivity index is 2.09. The number of hydrogen-bond donors (Lipinski definition) is 1. The van der Waals surface area contributed by atoms with Crippen molar-refractivity contribution in [1.82, 2.24) is 0 Å². The molecule has 1 heterocycles. The standard InChI is InChI=1S/C11H8O6/c12-8-3-1-2-7(6-8)10(13)16-9-4-5-15-17-11(9)14/h1-6,9,12H. The van der Waals surface area contributed by atoms with Crippen molar-refractivity contribution in [3.8, 4) is 5.75 Å². The van der Waals surface area contributed by atoms with Gasteiger partial charge in [0.2, 0.25) is 6.10 Å². The molecule has 1 unspecified atom stereocenters. The molecule has 1 aliphatic heterocycles. The van der Waals surface area contributed by atoms with Crippen LogP contribution < -0.4 is 0 Å². The molecular weight excluding hydrogens is 228 g/mol. The van der Waals surface area contributed by atoms with Crippen molar-refractivity contribution in [2.75, 3.05) is 0 Å². The fourth-order valence-electron chi connectivity index (χ4n) is 1.21. The third kappa shape index (κ3) is 2.54. The van der Waals surface area contributed by atoms with Gasteiger partial charge < -0.3 is 9.84 Å². The molecule has 1 aromatic rings. The minimum atomic E-state index is -1.14. The molecule has 0 fully saturated rings. The highest BCUT2D eigenvalue weighted by atomic mass is 17.2. The second-order valence-corrected chi connectivity index (χ2v) is 3.20. The van der Waals surface area contributed by atoms with Gasteiger partial charge >= 0.3 is 11.9 Å². The normalized spacial score (nSPS) is 18.1. The zero-order valence-electron chi connectivity index (χ0n) is 8.53. The average Bonchev–Trinajstić information content (AvgIpc) is 2.32. The summed E-state index contributed by atoms with van der Waals surface area (Å²) in [6.07, 6.45) is 1.20. The van der Waals surface area contributed by atoms with Crippen LogP contribution in [0.1, 0.15) is 10.4 Å². The zero-order valence-corrected chi connectivity index (χ0v) is 8.53. The number of hydrogen-bond acceptors (Lipinski definition) is 6. The van der Waals surface area contributed by atoms with Gasteiger partial charge in [0.25, 0.3) is 0 Å². The Labute approximate surface area is 95.9 Å². The van der Waals surface area contributed by atoms with Crippen LogP contribution in [0.25, 0.3) is 0 Å². The molecule has 6 heteroatoms. The molecule has 0 saturated carbocycles. The molecule has 6 nitrogen and oxygen atoms in total. The van der Waals surface area contributed by atoms with E-state index in [0.717, 1.165) is 6.26 Å². The van der Waals surface area contributed by atoms with Crippen LogP contribution in [0.15, 0.2) is 36.6 Å². The summed E-state index contributed by atoms with van der Waals surface area (Å²) >= 11 is 0. The van der Waals surface area contributed by atoms with E-state index in [-0.39, 0.29) is 11.3 Å². The lowest BCUT2D eigenvalue weighted by Gasteiger charge is -2.14. The largest absolute Gasteiger partial charge is 0.508 e. The van der Waals surface area contributed by atoms with Gasteiger partial charge in [0.05, 0.1) is 5.56 Å². The van der Waals surface area contributed by atoms with Gasteiger partial charge in [-0.3, -0.25) is 4.89 Å². The van der Waals surface area contributed by atoms with Gasteiger partial charge in [-0.05, 0) is 18.2 Å². The monoisotopic (exact) mass is 236 g/mol. The molecule has 0 aliphatic carbocycles. The van der Waals surface area contributed by atoms with Gasteiger partial charge in [-0.25, -0.2) is 14.5 Å². The van der Waals surface area contributed by atoms with E-state index >= 15 is 0 Å². The molecule has 0 radical (unpaired) electrons. The number of carbonyl (C=O) groups is 2. The van der Waals surface area contributed by atoms with Crippen molar-refractivity contribution in [3.63, 3.8) is 0 Å². The molecule has 0 amide bonds. The summed E-state index contributed by atoms with van der Waals surface area (Å²) in [6.45, 7) is 0. The average molecular weight is 236 g/mol. The fourth-order valence-corrected chi connectivity index (χ4v) is 1.21. The second-order valence-electron chi connectivity index (χ2n) is 3.20. The number of phenols is 1. The van der Waals surface area contributed by atoms with Crippen LogP contribution in [0.4, 0.5) is 0 Å². The molecule has 1 atom stereocenters. The number of rotatable bonds is 2. The van der Waals surface area contributed by atoms with Crippen LogP contribution in [0, 0.1) is 0 Å². The number of ether oxygens (including phenoxy) is 1. The Bertz CT molecular complexity index is 479. The first-order valence-electron chi connectivity index (χ1n) is 4.70. The van der Waals surface area contributed by atoms with Crippen LogP contribution >= 0.6 is 0 Å². The Hall–Kier alpha value is -2.50. The second kappa shape index (κ2) is 4.56. The number of esters is 1. The molecular formula is C11H8O6. The Kier molecular flexibility index (Phi) is 2.95. The summed E-state index contributed by atoms with van der Waals surface area (Å²) < 4.78 is 4.85. The van der Waals surface area contributed by atoms with E-state index < -0.39 is 18.0 Å². The van der Waals surface area contributed by atoms with E-state index in [1.54, 1.807) is 0 Å². The Morgan fingerprint density at radius 3 is 2.94 bits per heavy atom. The molecule has 1 aromatic carbocycles. The van der Waals surface area contributed by atoms with E-state index in [2.05, 4.69) is 9.78 Å². The van der Waals surface area contributed by atoms with Crippen molar-refractivity contribution in [2.24, 2.45) is 0 Å². The highest BCUT2D eigenvalue weighted by Gasteiger charge is 2.26. The molecule has 1 aliphatic rings. The topological polar surface area (TPSA) is 82.1 Å². The van der Waals surface area contributed by atoms with E-state index in [0.29, 0.717) is 0 Å². The maximum atomic E-state index is 11.6. The van der Waals surface area contributed by atoms with Crippen molar-refractivity contribution < 1.29 is 29.2 Å². The van der Waals surface area contributed by atoms with Crippen LogP contribution in [0.5, 0.6) is 5.75 Å². The number of phenolic OH excluding ortho intramolecular Hbond substituents is 1. The van der Waals surface area contributed by atoms with Crippen molar-refractivity contribution >= 4 is 11.9 Å². The van der Waals surface area contributed by atoms with E-state index in [4.69, 9.17) is 4.74 Å². The Morgan fingerprint density at radius 2 is 2.24 bits per heavy atom. The highest BCUT2D eigenvalue weighted by molar-refractivity contribution is 5.92. The lowest BCUT2D eigenvalue weighted by molar-refractivity contribution is -0.250. The van der Waals surface area contributed by atoms with E-state index in [9.17, 15) is 14.7 Å². The first-order chi connectivity index (χ1) is 8.16. The maximum absolute atomic E-state index is 11.6. The first kappa shape index (κ1) is 11.0. The van der Waals surface area contributed by atoms with Crippen molar-refractivity contribution in [3.05, 3.63) is 42.2 Å². The molecule has 0 saturated heterocycles. The lowest BCUT2D eigenvalue weighted by Crippen LogP contribution is -2.29. The van der Waals surface area contributed by atoms with Crippen LogP contribution in [0.3, 0.4) is 0 Å². The summed E-state index contributed by atoms with van der Waals surface area (Å²) in [5.41, 5.74) is 0.137. The van der Waals surface area contributed by atoms with E-state index in [1.807, 2.05) is 0 Å². The minimum Gasteiger partial charge on any atom is -0.508 e. The van der Waals surface area contributed by atoms with Gasteiger partial charge in [0.15, 0.2) is 0 Å². The SMILES string of the molecule is O=C(OC1C=COOC1=O)c1cccc(O)c1. The quantitative estimate of drug-likeness (QED) is 0.607. The lowest BCUT2D eigenvalue weighted by atomic mass is 10.2. The zero-order chi connectivity index (χ0) is 12.3. The summed E-state index contributed by atoms with van der Waals surface area (Å²) in [6, 6.07) is 5.59. The molecule has 88 valence electrons. The van der Waals surface area contributed by atoms with Gasteiger partial charge in [0.1, 0.15) is 12.0 Å². The predicted molar refractivity (Wildman–Crippen MR) is 53.6 cm³/mol. The summed E-state index contributed by atoms with van der Waals surface area (Å²) in [5, 5.41) is 9.19. The maximum Gasteiger partial charge on any atom is 0.399 e. The summed E-state index contributed by atoms with van der Waals surface area (Å²) in [5.74, 6) is -1.63. The predicted octanol–water partition coefficient (Wildman–Crippen LogP) is 0.920. The molecule has 2 rings (SSSR count). The molecule has 0 aromatic heterocycles. The number of benzene rings is 1. The smallest absolute Gasteiger partial charge is 0.399 e. The third-order valence-corrected chi connectivity index (χ3v) is 1.99. The minimum absolute atomic E-state index is 0.0652. The summed E-state index contributed by atoms with van der Waals surface area (Å²) in [4.78, 5) is 31.2. The summed E-state index contributed by atoms with van der Waals surface area (Å²) in [7, 11) is 0. The Morgan fingerprint density at radius 1 is 1.41 bits per heavy atom. The first-order valence-corrected chi connectivity index (χ1v) is 4.70. The van der Waals surface area contributed by atoms with Gasteiger partial charge in [-0.15, -0.1) is 0 Å². The molecule has 0 bridgehead atoms. The third-order valence-electron chi connectivity index (χ3n) is 1.99. The van der Waals surface area contributed by atoms with Gasteiger partial charge in [0, 0.05) is 6.08 Å². The van der Waals surface area contributed by atoms with Crippen molar-refractivity contribution in [1.29, 1.82) is 0 Å². The van der Waals surface area contributed by atoms with Crippen LogP contribution in [0.2, 0.25) is 0 Å². The van der Waals surface area contributed by atoms with Crippen LogP contribution in [-0.4, -0.2) is 23.1 Å². The van der Waals surface area contributed by atoms with E-state index in [1.165, 1.54) is 30.3 Å². The molecule has 1 N–H and O–H groups in total. The van der Waals surface area contributed by atoms with Crippen molar-refractivity contribution in [2.45, 2.75) is 6.10 Å². The molecule has 17 heavy (non-hydrogen) atoms. The van der Waals surface area contributed by atoms with Gasteiger partial charge in [-0.2, -0.15) is 0 Å².